The lowest BCUT2D eigenvalue weighted by Gasteiger charge is -2.48. The molecule has 0 aromatic carbocycles. The Morgan fingerprint density at radius 1 is 1.12 bits per heavy atom. The van der Waals surface area contributed by atoms with Gasteiger partial charge in [-0.05, 0) is 49.7 Å². The fourth-order valence-corrected chi connectivity index (χ4v) is 4.86. The zero-order valence-electron chi connectivity index (χ0n) is 17.1. The van der Waals surface area contributed by atoms with E-state index in [9.17, 15) is 24.9 Å². The lowest BCUT2D eigenvalue weighted by atomic mass is 9.54. The molecule has 0 heterocycles. The van der Waals surface area contributed by atoms with Crippen molar-refractivity contribution >= 4 is 11.9 Å². The van der Waals surface area contributed by atoms with Gasteiger partial charge < -0.3 is 15.3 Å². The highest BCUT2D eigenvalue weighted by Gasteiger charge is 2.57. The Balaban J connectivity index is 4.03. The van der Waals surface area contributed by atoms with Gasteiger partial charge in [-0.2, -0.15) is 0 Å². The van der Waals surface area contributed by atoms with Crippen LogP contribution in [0.4, 0.5) is 0 Å². The highest BCUT2D eigenvalue weighted by molar-refractivity contribution is 5.94. The fourth-order valence-electron chi connectivity index (χ4n) is 4.86. The SMILES string of the molecule is CCCCC1=C(C(=O)O)C(C(C)O)C(C(=O)O)(C(C)C)C(C)=C1C(C)C. The number of rotatable bonds is 8. The van der Waals surface area contributed by atoms with Gasteiger partial charge in [0, 0.05) is 11.5 Å². The summed E-state index contributed by atoms with van der Waals surface area (Å²) in [6.45, 7) is 12.9. The molecule has 5 nitrogen and oxygen atoms in total. The number of aliphatic carboxylic acids is 2. The molecule has 5 heteroatoms. The van der Waals surface area contributed by atoms with Crippen molar-refractivity contribution in [3.63, 3.8) is 0 Å². The summed E-state index contributed by atoms with van der Waals surface area (Å²) in [6, 6.07) is 0. The third-order valence-corrected chi connectivity index (χ3v) is 5.81. The molecule has 0 saturated heterocycles. The summed E-state index contributed by atoms with van der Waals surface area (Å²) in [5.74, 6) is -3.54. The predicted octanol–water partition coefficient (Wildman–Crippen LogP) is 4.27. The number of aliphatic hydroxyl groups excluding tert-OH is 1. The second-order valence-electron chi connectivity index (χ2n) is 8.04. The molecule has 3 unspecified atom stereocenters. The largest absolute Gasteiger partial charge is 0.481 e. The molecular weight excluding hydrogens is 332 g/mol. The van der Waals surface area contributed by atoms with E-state index in [4.69, 9.17) is 0 Å². The van der Waals surface area contributed by atoms with Crippen molar-refractivity contribution in [1.82, 2.24) is 0 Å². The molecule has 0 spiro atoms. The van der Waals surface area contributed by atoms with Crippen molar-refractivity contribution in [3.8, 4) is 0 Å². The normalized spacial score (nSPS) is 25.2. The van der Waals surface area contributed by atoms with Crippen LogP contribution in [0.2, 0.25) is 0 Å². The van der Waals surface area contributed by atoms with Crippen molar-refractivity contribution in [2.45, 2.75) is 73.8 Å². The molecule has 0 fully saturated rings. The minimum absolute atomic E-state index is 0.00336. The van der Waals surface area contributed by atoms with Gasteiger partial charge in [-0.25, -0.2) is 4.79 Å². The fraction of sp³-hybridized carbons (Fsp3) is 0.714. The standard InChI is InChI=1S/C21H34O5/c1-8-9-10-15-16(11(2)3)13(6)21(12(4)5,20(25)26)18(14(7)22)17(15)19(23)24/h11-12,14,18,22H,8-10H2,1-7H3,(H,23,24)(H,25,26). The maximum Gasteiger partial charge on any atom is 0.332 e. The van der Waals surface area contributed by atoms with E-state index in [0.717, 1.165) is 24.0 Å². The summed E-state index contributed by atoms with van der Waals surface area (Å²) in [7, 11) is 0. The molecule has 26 heavy (non-hydrogen) atoms. The van der Waals surface area contributed by atoms with Crippen LogP contribution in [0.3, 0.4) is 0 Å². The van der Waals surface area contributed by atoms with E-state index in [1.165, 1.54) is 6.92 Å². The summed E-state index contributed by atoms with van der Waals surface area (Å²) >= 11 is 0. The molecule has 0 aliphatic heterocycles. The van der Waals surface area contributed by atoms with Crippen LogP contribution in [0.5, 0.6) is 0 Å². The van der Waals surface area contributed by atoms with Crippen molar-refractivity contribution in [1.29, 1.82) is 0 Å². The van der Waals surface area contributed by atoms with Crippen LogP contribution in [0, 0.1) is 23.2 Å². The second-order valence-corrected chi connectivity index (χ2v) is 8.04. The first kappa shape index (κ1) is 22.4. The number of carboxylic acid groups (broad SMARTS) is 2. The molecule has 0 aromatic heterocycles. The molecule has 3 atom stereocenters. The third kappa shape index (κ3) is 3.46. The van der Waals surface area contributed by atoms with E-state index in [1.807, 2.05) is 27.7 Å². The molecule has 0 saturated carbocycles. The first-order valence-corrected chi connectivity index (χ1v) is 9.55. The number of carbonyl (C=O) groups is 2. The topological polar surface area (TPSA) is 94.8 Å². The van der Waals surface area contributed by atoms with Crippen LogP contribution >= 0.6 is 0 Å². The molecule has 0 bridgehead atoms. The van der Waals surface area contributed by atoms with Gasteiger partial charge in [0.15, 0.2) is 0 Å². The maximum absolute atomic E-state index is 12.5. The van der Waals surface area contributed by atoms with E-state index in [0.29, 0.717) is 12.0 Å². The molecule has 0 aromatic rings. The first-order chi connectivity index (χ1) is 12.0. The van der Waals surface area contributed by atoms with E-state index in [1.54, 1.807) is 13.8 Å². The zero-order chi connectivity index (χ0) is 20.4. The van der Waals surface area contributed by atoms with E-state index in [2.05, 4.69) is 0 Å². The molecule has 0 radical (unpaired) electrons. The van der Waals surface area contributed by atoms with E-state index < -0.39 is 29.4 Å². The van der Waals surface area contributed by atoms with Crippen LogP contribution in [-0.4, -0.2) is 33.4 Å². The maximum atomic E-state index is 12.5. The highest BCUT2D eigenvalue weighted by Crippen LogP contribution is 2.55. The van der Waals surface area contributed by atoms with Gasteiger partial charge in [0.25, 0.3) is 0 Å². The van der Waals surface area contributed by atoms with E-state index >= 15 is 0 Å². The average molecular weight is 366 g/mol. The number of unbranched alkanes of at least 4 members (excludes halogenated alkanes) is 1. The minimum atomic E-state index is -1.43. The molecule has 1 aliphatic rings. The monoisotopic (exact) mass is 366 g/mol. The Kier molecular flexibility index (Phi) is 7.23. The summed E-state index contributed by atoms with van der Waals surface area (Å²) in [5.41, 5.74) is 0.895. The number of aliphatic hydroxyl groups is 1. The highest BCUT2D eigenvalue weighted by atomic mass is 16.4. The van der Waals surface area contributed by atoms with Crippen LogP contribution in [0.25, 0.3) is 0 Å². The lowest BCUT2D eigenvalue weighted by Crippen LogP contribution is -2.52. The number of carboxylic acids is 2. The summed E-state index contributed by atoms with van der Waals surface area (Å²) in [5, 5.41) is 30.8. The van der Waals surface area contributed by atoms with Crippen LogP contribution in [0.15, 0.2) is 22.3 Å². The van der Waals surface area contributed by atoms with Gasteiger partial charge in [-0.3, -0.25) is 4.79 Å². The molecule has 3 N–H and O–H groups in total. The van der Waals surface area contributed by atoms with Gasteiger partial charge in [0.1, 0.15) is 5.41 Å². The quantitative estimate of drug-likeness (QED) is 0.596. The Hall–Kier alpha value is -1.62. The van der Waals surface area contributed by atoms with Gasteiger partial charge in [-0.1, -0.05) is 46.6 Å². The van der Waals surface area contributed by atoms with Crippen molar-refractivity contribution in [2.75, 3.05) is 0 Å². The van der Waals surface area contributed by atoms with E-state index in [-0.39, 0.29) is 17.4 Å². The van der Waals surface area contributed by atoms with Crippen molar-refractivity contribution < 1.29 is 24.9 Å². The second kappa shape index (κ2) is 8.38. The van der Waals surface area contributed by atoms with Crippen LogP contribution in [0.1, 0.15) is 67.7 Å². The Morgan fingerprint density at radius 2 is 1.65 bits per heavy atom. The summed E-state index contributed by atoms with van der Waals surface area (Å²) in [4.78, 5) is 24.8. The molecule has 1 aliphatic carbocycles. The molecule has 1 rings (SSSR count). The predicted molar refractivity (Wildman–Crippen MR) is 102 cm³/mol. The van der Waals surface area contributed by atoms with Gasteiger partial charge in [0.05, 0.1) is 6.10 Å². The Labute approximate surface area is 156 Å². The third-order valence-electron chi connectivity index (χ3n) is 5.81. The smallest absolute Gasteiger partial charge is 0.332 e. The lowest BCUT2D eigenvalue weighted by molar-refractivity contribution is -0.156. The average Bonchev–Trinajstić information content (AvgIpc) is 2.50. The zero-order valence-corrected chi connectivity index (χ0v) is 17.1. The first-order valence-electron chi connectivity index (χ1n) is 9.55. The van der Waals surface area contributed by atoms with Gasteiger partial charge >= 0.3 is 11.9 Å². The van der Waals surface area contributed by atoms with Crippen molar-refractivity contribution in [2.24, 2.45) is 23.2 Å². The summed E-state index contributed by atoms with van der Waals surface area (Å²) in [6.07, 6.45) is 1.23. The van der Waals surface area contributed by atoms with Crippen LogP contribution < -0.4 is 0 Å². The molecule has 148 valence electrons. The number of hydrogen-bond donors (Lipinski definition) is 3. The molecular formula is C21H34O5. The van der Waals surface area contributed by atoms with Crippen molar-refractivity contribution in [3.05, 3.63) is 22.3 Å². The summed E-state index contributed by atoms with van der Waals surface area (Å²) < 4.78 is 0. The number of allylic oxidation sites excluding steroid dienone is 2. The number of hydrogen-bond acceptors (Lipinski definition) is 3. The Morgan fingerprint density at radius 3 is 1.96 bits per heavy atom. The van der Waals surface area contributed by atoms with Crippen LogP contribution in [-0.2, 0) is 9.59 Å². The minimum Gasteiger partial charge on any atom is -0.481 e. The Bertz CT molecular complexity index is 624. The van der Waals surface area contributed by atoms with Gasteiger partial charge in [0.2, 0.25) is 0 Å². The van der Waals surface area contributed by atoms with Gasteiger partial charge in [-0.15, -0.1) is 0 Å². The molecule has 0 amide bonds.